The maximum absolute atomic E-state index is 5.73. The summed E-state index contributed by atoms with van der Waals surface area (Å²) in [6.45, 7) is 1.39. The van der Waals surface area contributed by atoms with Crippen LogP contribution in [0, 0.1) is 0 Å². The molecule has 2 rings (SSSR count). The van der Waals surface area contributed by atoms with E-state index in [4.69, 9.17) is 9.47 Å². The Hall–Kier alpha value is -2.49. The molecular weight excluding hydrogens is 264 g/mol. The summed E-state index contributed by atoms with van der Waals surface area (Å²) in [5, 5.41) is 0. The minimum atomic E-state index is 0.611. The Kier molecular flexibility index (Phi) is 5.64. The molecule has 21 heavy (non-hydrogen) atoms. The highest BCUT2D eigenvalue weighted by atomic mass is 16.5. The highest BCUT2D eigenvalue weighted by Gasteiger charge is 2.01. The second-order valence-electron chi connectivity index (χ2n) is 4.57. The van der Waals surface area contributed by atoms with Crippen molar-refractivity contribution < 1.29 is 9.47 Å². The van der Waals surface area contributed by atoms with Gasteiger partial charge < -0.3 is 14.4 Å². The van der Waals surface area contributed by atoms with E-state index >= 15 is 0 Å². The van der Waals surface area contributed by atoms with E-state index in [9.17, 15) is 0 Å². The summed E-state index contributed by atoms with van der Waals surface area (Å²) >= 11 is 0. The summed E-state index contributed by atoms with van der Waals surface area (Å²) in [7, 11) is 3.64. The van der Waals surface area contributed by atoms with Gasteiger partial charge in [0.1, 0.15) is 18.2 Å². The van der Waals surface area contributed by atoms with Crippen LogP contribution in [0.15, 0.2) is 54.9 Å². The molecule has 110 valence electrons. The molecule has 4 heteroatoms. The van der Waals surface area contributed by atoms with E-state index in [-0.39, 0.29) is 0 Å². The lowest BCUT2D eigenvalue weighted by atomic mass is 10.2. The quantitative estimate of drug-likeness (QED) is 0.731. The van der Waals surface area contributed by atoms with E-state index in [0.717, 1.165) is 23.7 Å². The highest BCUT2D eigenvalue weighted by molar-refractivity contribution is 5.49. The molecule has 2 aromatic rings. The van der Waals surface area contributed by atoms with E-state index in [1.165, 1.54) is 0 Å². The van der Waals surface area contributed by atoms with Gasteiger partial charge in [-0.25, -0.2) is 4.98 Å². The molecule has 0 aliphatic carbocycles. The number of nitrogens with zero attached hydrogens (tertiary/aromatic N) is 2. The maximum Gasteiger partial charge on any atom is 0.128 e. The van der Waals surface area contributed by atoms with Crippen LogP contribution in [0.1, 0.15) is 5.56 Å². The lowest BCUT2D eigenvalue weighted by Gasteiger charge is -2.18. The van der Waals surface area contributed by atoms with Crippen molar-refractivity contribution >= 4 is 11.9 Å². The van der Waals surface area contributed by atoms with Crippen LogP contribution in [-0.4, -0.2) is 32.3 Å². The van der Waals surface area contributed by atoms with Gasteiger partial charge in [-0.15, -0.1) is 0 Å². The Bertz CT molecular complexity index is 553. The average molecular weight is 284 g/mol. The zero-order valence-electron chi connectivity index (χ0n) is 12.4. The van der Waals surface area contributed by atoms with Crippen molar-refractivity contribution in [3.05, 3.63) is 60.5 Å². The number of pyridine rings is 1. The van der Waals surface area contributed by atoms with Crippen LogP contribution in [0.25, 0.3) is 6.08 Å². The van der Waals surface area contributed by atoms with Gasteiger partial charge in [0.05, 0.1) is 19.9 Å². The SMILES string of the molecule is COC=Cc1ccc(OCCN(C)c2ccccn2)cc1. The molecule has 0 spiro atoms. The Morgan fingerprint density at radius 3 is 2.62 bits per heavy atom. The Labute approximate surface area is 125 Å². The molecule has 1 heterocycles. The van der Waals surface area contributed by atoms with Crippen molar-refractivity contribution in [3.8, 4) is 5.75 Å². The smallest absolute Gasteiger partial charge is 0.128 e. The van der Waals surface area contributed by atoms with Crippen molar-refractivity contribution in [1.29, 1.82) is 0 Å². The summed E-state index contributed by atoms with van der Waals surface area (Å²) in [4.78, 5) is 6.36. The first-order valence-electron chi connectivity index (χ1n) is 6.84. The van der Waals surface area contributed by atoms with Crippen molar-refractivity contribution in [2.24, 2.45) is 0 Å². The molecule has 1 aromatic carbocycles. The lowest BCUT2D eigenvalue weighted by molar-refractivity contribution is 0.325. The van der Waals surface area contributed by atoms with Gasteiger partial charge in [-0.2, -0.15) is 0 Å². The molecule has 0 bridgehead atoms. The summed E-state index contributed by atoms with van der Waals surface area (Å²) in [5.74, 6) is 1.81. The van der Waals surface area contributed by atoms with Crippen LogP contribution in [0.2, 0.25) is 0 Å². The van der Waals surface area contributed by atoms with Gasteiger partial charge in [-0.3, -0.25) is 0 Å². The number of rotatable bonds is 7. The average Bonchev–Trinajstić information content (AvgIpc) is 2.55. The van der Waals surface area contributed by atoms with Crippen molar-refractivity contribution in [3.63, 3.8) is 0 Å². The molecule has 0 unspecified atom stereocenters. The summed E-state index contributed by atoms with van der Waals surface area (Å²) < 4.78 is 10.6. The first-order chi connectivity index (χ1) is 10.3. The van der Waals surface area contributed by atoms with Crippen molar-refractivity contribution in [2.45, 2.75) is 0 Å². The molecule has 4 nitrogen and oxygen atoms in total. The number of likely N-dealkylation sites (N-methyl/N-ethyl adjacent to an activating group) is 1. The number of hydrogen-bond acceptors (Lipinski definition) is 4. The minimum Gasteiger partial charge on any atom is -0.504 e. The summed E-state index contributed by atoms with van der Waals surface area (Å²) in [6.07, 6.45) is 5.34. The van der Waals surface area contributed by atoms with Crippen LogP contribution in [-0.2, 0) is 4.74 Å². The number of hydrogen-bond donors (Lipinski definition) is 0. The third-order valence-corrected chi connectivity index (χ3v) is 3.01. The molecule has 0 amide bonds. The van der Waals surface area contributed by atoms with Crippen LogP contribution in [0.3, 0.4) is 0 Å². The highest BCUT2D eigenvalue weighted by Crippen LogP contribution is 2.13. The zero-order chi connectivity index (χ0) is 14.9. The van der Waals surface area contributed by atoms with Crippen LogP contribution < -0.4 is 9.64 Å². The first-order valence-corrected chi connectivity index (χ1v) is 6.84. The third kappa shape index (κ3) is 4.84. The molecule has 0 fully saturated rings. The van der Waals surface area contributed by atoms with Gasteiger partial charge in [0, 0.05) is 13.2 Å². The topological polar surface area (TPSA) is 34.6 Å². The van der Waals surface area contributed by atoms with Gasteiger partial charge in [0.15, 0.2) is 0 Å². The number of ether oxygens (including phenoxy) is 2. The van der Waals surface area contributed by atoms with Gasteiger partial charge in [-0.05, 0) is 35.9 Å². The molecule has 1 aromatic heterocycles. The number of anilines is 1. The molecule has 0 saturated heterocycles. The number of benzene rings is 1. The van der Waals surface area contributed by atoms with Gasteiger partial charge in [0.25, 0.3) is 0 Å². The molecule has 0 atom stereocenters. The molecular formula is C17H20N2O2. The van der Waals surface area contributed by atoms with Gasteiger partial charge in [0.2, 0.25) is 0 Å². The first kappa shape index (κ1) is 14.9. The summed E-state index contributed by atoms with van der Waals surface area (Å²) in [5.41, 5.74) is 1.08. The van der Waals surface area contributed by atoms with Crippen LogP contribution >= 0.6 is 0 Å². The Morgan fingerprint density at radius 2 is 1.95 bits per heavy atom. The zero-order valence-corrected chi connectivity index (χ0v) is 12.4. The number of methoxy groups -OCH3 is 1. The predicted molar refractivity (Wildman–Crippen MR) is 85.5 cm³/mol. The van der Waals surface area contributed by atoms with Crippen molar-refractivity contribution in [2.75, 3.05) is 32.2 Å². The van der Waals surface area contributed by atoms with Crippen LogP contribution in [0.4, 0.5) is 5.82 Å². The fourth-order valence-electron chi connectivity index (χ4n) is 1.82. The van der Waals surface area contributed by atoms with E-state index in [1.807, 2.05) is 55.6 Å². The lowest BCUT2D eigenvalue weighted by Crippen LogP contribution is -2.24. The third-order valence-electron chi connectivity index (χ3n) is 3.01. The van der Waals surface area contributed by atoms with E-state index in [1.54, 1.807) is 19.6 Å². The second-order valence-corrected chi connectivity index (χ2v) is 4.57. The standard InChI is InChI=1S/C17H20N2O2/c1-19(17-5-3-4-11-18-17)12-14-21-16-8-6-15(7-9-16)10-13-20-2/h3-11,13H,12,14H2,1-2H3. The molecule has 0 saturated carbocycles. The molecule has 0 aliphatic heterocycles. The second kappa shape index (κ2) is 7.94. The normalized spacial score (nSPS) is 10.6. The van der Waals surface area contributed by atoms with Crippen LogP contribution in [0.5, 0.6) is 5.75 Å². The van der Waals surface area contributed by atoms with E-state index in [0.29, 0.717) is 6.61 Å². The van der Waals surface area contributed by atoms with Gasteiger partial charge in [-0.1, -0.05) is 18.2 Å². The Balaban J connectivity index is 1.79. The van der Waals surface area contributed by atoms with Crippen molar-refractivity contribution in [1.82, 2.24) is 4.98 Å². The summed E-state index contributed by atoms with van der Waals surface area (Å²) in [6, 6.07) is 13.8. The molecule has 0 aliphatic rings. The molecule has 0 N–H and O–H groups in total. The van der Waals surface area contributed by atoms with E-state index < -0.39 is 0 Å². The number of aromatic nitrogens is 1. The minimum absolute atomic E-state index is 0.611. The predicted octanol–water partition coefficient (Wildman–Crippen LogP) is 3.21. The largest absolute Gasteiger partial charge is 0.504 e. The van der Waals surface area contributed by atoms with Gasteiger partial charge >= 0.3 is 0 Å². The fraction of sp³-hybridized carbons (Fsp3) is 0.235. The maximum atomic E-state index is 5.73. The monoisotopic (exact) mass is 284 g/mol. The fourth-order valence-corrected chi connectivity index (χ4v) is 1.82. The Morgan fingerprint density at radius 1 is 1.14 bits per heavy atom. The molecule has 0 radical (unpaired) electrons. The van der Waals surface area contributed by atoms with E-state index in [2.05, 4.69) is 9.88 Å².